The highest BCUT2D eigenvalue weighted by Crippen LogP contribution is 2.42. The van der Waals surface area contributed by atoms with Gasteiger partial charge in [0.25, 0.3) is 39.4 Å². The highest BCUT2D eigenvalue weighted by molar-refractivity contribution is 7.85. The van der Waals surface area contributed by atoms with Gasteiger partial charge in [0, 0.05) is 55.2 Å². The molecule has 29 heteroatoms. The Morgan fingerprint density at radius 1 is 0.986 bits per heavy atom. The number of imide groups is 1. The van der Waals surface area contributed by atoms with Gasteiger partial charge >= 0.3 is 11.6 Å². The van der Waals surface area contributed by atoms with Gasteiger partial charge in [-0.05, 0) is 68.5 Å². The van der Waals surface area contributed by atoms with Crippen LogP contribution in [-0.4, -0.2) is 150 Å². The number of nitrogens with zero attached hydrogens (tertiary/aromatic N) is 6. The predicted octanol–water partition coefficient (Wildman–Crippen LogP) is 0.231. The van der Waals surface area contributed by atoms with Crippen molar-refractivity contribution < 1.29 is 75.2 Å². The monoisotopic (exact) mass is 1030 g/mol. The third-order valence-corrected chi connectivity index (χ3v) is 12.3. The van der Waals surface area contributed by atoms with Crippen molar-refractivity contribution in [2.75, 3.05) is 36.1 Å². The molecule has 6 rings (SSSR count). The first kappa shape index (κ1) is 53.6. The fourth-order valence-corrected chi connectivity index (χ4v) is 8.45. The van der Waals surface area contributed by atoms with Crippen molar-refractivity contribution in [2.24, 2.45) is 5.10 Å². The highest BCUT2D eigenvalue weighted by Gasteiger charge is 2.59. The van der Waals surface area contributed by atoms with Gasteiger partial charge in [0.05, 0.1) is 17.2 Å². The van der Waals surface area contributed by atoms with Crippen LogP contribution in [0.4, 0.5) is 26.0 Å². The Morgan fingerprint density at radius 3 is 2.29 bits per heavy atom. The van der Waals surface area contributed by atoms with Crippen LogP contribution in [0.1, 0.15) is 78.0 Å². The summed E-state index contributed by atoms with van der Waals surface area (Å²) in [6, 6.07) is 6.60. The van der Waals surface area contributed by atoms with Crippen LogP contribution < -0.4 is 27.1 Å². The molecule has 7 amide bonds. The molecular formula is C43H46F2N10O16S. The van der Waals surface area contributed by atoms with Gasteiger partial charge in [0.15, 0.2) is 6.10 Å². The number of alkyl halides is 2. The minimum atomic E-state index is -4.84. The molecule has 0 saturated carbocycles. The lowest BCUT2D eigenvalue weighted by Gasteiger charge is -2.28. The number of carbonyl (C=O) groups excluding carboxylic acids is 7. The van der Waals surface area contributed by atoms with E-state index >= 15 is 0 Å². The largest absolute Gasteiger partial charge is 0.394 e. The second-order valence-corrected chi connectivity index (χ2v) is 18.0. The number of ether oxygens (including phenoxy) is 1. The number of anilines is 2. The van der Waals surface area contributed by atoms with E-state index in [9.17, 15) is 80.4 Å². The van der Waals surface area contributed by atoms with Gasteiger partial charge in [-0.2, -0.15) is 27.3 Å². The zero-order chi connectivity index (χ0) is 52.7. The SMILES string of the molecule is C/C(=N/NC(=O)c1ccc(NC(=O)[C@H]2CCCN2C(=O)[C@H](CS(=O)(=O)O)NC(=O)CCCCCN2C(=O)C=CC2=O)cc1[N+](=O)[O-])c1ccc(C(=O)Nc2ccn([C@@H]3O[C@H](CO)[C@@H](O)C3(F)F)c(=O)n2)cc1. The number of halogens is 2. The number of aromatic nitrogens is 2. The lowest BCUT2D eigenvalue weighted by atomic mass is 10.1. The molecule has 384 valence electrons. The molecule has 0 bridgehead atoms. The number of carbonyl (C=O) groups is 7. The Morgan fingerprint density at radius 2 is 1.67 bits per heavy atom. The molecule has 3 aliphatic rings. The van der Waals surface area contributed by atoms with E-state index in [4.69, 9.17) is 4.74 Å². The van der Waals surface area contributed by atoms with E-state index in [1.807, 2.05) is 0 Å². The van der Waals surface area contributed by atoms with Crippen molar-refractivity contribution >= 4 is 74.4 Å². The Labute approximate surface area is 406 Å². The number of hydrogen-bond donors (Lipinski definition) is 7. The first-order valence-electron chi connectivity index (χ1n) is 21.8. The van der Waals surface area contributed by atoms with E-state index in [-0.39, 0.29) is 61.6 Å². The smallest absolute Gasteiger partial charge is 0.351 e. The molecule has 0 aliphatic carbocycles. The van der Waals surface area contributed by atoms with Crippen LogP contribution in [0.2, 0.25) is 0 Å². The first-order chi connectivity index (χ1) is 34.0. The van der Waals surface area contributed by atoms with Gasteiger partial charge in [-0.15, -0.1) is 0 Å². The lowest BCUT2D eigenvalue weighted by molar-refractivity contribution is -0.385. The minimum absolute atomic E-state index is 0.0360. The number of benzene rings is 2. The zero-order valence-corrected chi connectivity index (χ0v) is 38.6. The number of aliphatic hydroxyl groups excluding tert-OH is 2. The molecular weight excluding hydrogens is 983 g/mol. The molecule has 2 saturated heterocycles. The number of hydrazone groups is 1. The maximum Gasteiger partial charge on any atom is 0.351 e. The summed E-state index contributed by atoms with van der Waals surface area (Å²) in [5.74, 6) is -10.8. The average molecular weight is 1030 g/mol. The number of aliphatic hydroxyl groups is 2. The fraction of sp³-hybridized carbons (Fsp3) is 0.395. The standard InChI is InChI=1S/C43H46F2N10O16S/c1-23(24-8-10-25(11-9-24)37(61)48-32-16-19-54(42(65)49-32)41-43(44,45)36(60)31(21-56)71-41)50-51-38(62)27-13-12-26(20-30(27)55(66)67)46-39(63)29-6-5-18-52(29)40(64)28(22-72(68,69)70)47-33(57)7-3-2-4-17-53-34(58)14-15-35(53)59/h8-16,19-20,28-29,31,36,41,56,60H,2-7,17-18,21-22H2,1H3,(H,46,63)(H,47,57)(H,51,62)(H,68,69,70)(H,48,49,61,65)/b50-23-/t28-,29+,31+,36+,41+/m0/s1. The molecule has 3 aromatic rings. The Hall–Kier alpha value is -7.73. The van der Waals surface area contributed by atoms with Gasteiger partial charge in [-0.1, -0.05) is 18.6 Å². The Balaban J connectivity index is 1.03. The van der Waals surface area contributed by atoms with Gasteiger partial charge in [0.1, 0.15) is 35.3 Å². The average Bonchev–Trinajstić information content (AvgIpc) is 4.01. The molecule has 4 heterocycles. The lowest BCUT2D eigenvalue weighted by Crippen LogP contribution is -2.54. The van der Waals surface area contributed by atoms with Crippen molar-refractivity contribution in [3.05, 3.63) is 104 Å². The molecule has 0 spiro atoms. The molecule has 0 unspecified atom stereocenters. The van der Waals surface area contributed by atoms with Gasteiger partial charge in [0.2, 0.25) is 23.9 Å². The van der Waals surface area contributed by atoms with Crippen LogP contribution >= 0.6 is 0 Å². The summed E-state index contributed by atoms with van der Waals surface area (Å²) in [4.78, 5) is 119. The van der Waals surface area contributed by atoms with Crippen LogP contribution in [0.3, 0.4) is 0 Å². The Kier molecular flexibility index (Phi) is 16.8. The number of nitro groups is 1. The molecule has 26 nitrogen and oxygen atoms in total. The van der Waals surface area contributed by atoms with E-state index in [1.54, 1.807) is 0 Å². The van der Waals surface area contributed by atoms with Gasteiger partial charge in [-0.3, -0.25) is 57.7 Å². The highest BCUT2D eigenvalue weighted by atomic mass is 32.2. The number of hydrogen-bond acceptors (Lipinski definition) is 17. The number of unbranched alkanes of at least 4 members (excludes halogenated alkanes) is 2. The molecule has 7 N–H and O–H groups in total. The van der Waals surface area contributed by atoms with Crippen molar-refractivity contribution in [3.8, 4) is 0 Å². The quantitative estimate of drug-likeness (QED) is 0.0199. The normalized spacial score (nSPS) is 20.1. The first-order valence-corrected chi connectivity index (χ1v) is 23.5. The summed E-state index contributed by atoms with van der Waals surface area (Å²) in [5.41, 5.74) is 0.111. The summed E-state index contributed by atoms with van der Waals surface area (Å²) in [6.45, 7) is 0.591. The van der Waals surface area contributed by atoms with E-state index < -0.39 is 122 Å². The van der Waals surface area contributed by atoms with Gasteiger partial charge in [-0.25, -0.2) is 10.2 Å². The summed E-state index contributed by atoms with van der Waals surface area (Å²) >= 11 is 0. The van der Waals surface area contributed by atoms with E-state index in [0.29, 0.717) is 23.0 Å². The number of rotatable bonds is 20. The Bertz CT molecular complexity index is 2880. The number of likely N-dealkylation sites (tertiary alicyclic amines) is 1. The van der Waals surface area contributed by atoms with Crippen molar-refractivity contribution in [3.63, 3.8) is 0 Å². The van der Waals surface area contributed by atoms with E-state index in [0.717, 1.165) is 46.3 Å². The molecule has 5 atom stereocenters. The molecule has 1 aromatic heterocycles. The number of amides is 7. The third-order valence-electron chi connectivity index (χ3n) is 11.5. The molecule has 0 radical (unpaired) electrons. The van der Waals surface area contributed by atoms with Crippen molar-refractivity contribution in [1.29, 1.82) is 0 Å². The molecule has 3 aliphatic heterocycles. The summed E-state index contributed by atoms with van der Waals surface area (Å²) in [6.07, 6.45) is -2.04. The van der Waals surface area contributed by atoms with Gasteiger partial charge < -0.3 is 35.8 Å². The molecule has 2 fully saturated rings. The second kappa shape index (κ2) is 22.6. The minimum Gasteiger partial charge on any atom is -0.394 e. The number of nitrogens with one attached hydrogen (secondary N) is 4. The van der Waals surface area contributed by atoms with Crippen molar-refractivity contribution in [2.45, 2.75) is 81.9 Å². The summed E-state index contributed by atoms with van der Waals surface area (Å²) in [7, 11) is -4.84. The molecule has 2 aromatic carbocycles. The summed E-state index contributed by atoms with van der Waals surface area (Å²) < 4.78 is 67.8. The van der Waals surface area contributed by atoms with E-state index in [1.165, 1.54) is 37.3 Å². The molecule has 72 heavy (non-hydrogen) atoms. The number of nitro benzene ring substituents is 1. The third kappa shape index (κ3) is 12.8. The predicted molar refractivity (Wildman–Crippen MR) is 244 cm³/mol. The zero-order valence-electron chi connectivity index (χ0n) is 37.8. The second-order valence-electron chi connectivity index (χ2n) is 16.5. The maximum absolute atomic E-state index is 14.5. The maximum atomic E-state index is 14.5. The topological polar surface area (TPSA) is 369 Å². The fourth-order valence-electron chi connectivity index (χ4n) is 7.81. The van der Waals surface area contributed by atoms with Crippen molar-refractivity contribution in [1.82, 2.24) is 30.1 Å². The van der Waals surface area contributed by atoms with Crippen LogP contribution in [0.25, 0.3) is 0 Å². The van der Waals surface area contributed by atoms with Crippen LogP contribution in [0.15, 0.2) is 76.8 Å². The van der Waals surface area contributed by atoms with Crippen LogP contribution in [0, 0.1) is 10.1 Å². The summed E-state index contributed by atoms with van der Waals surface area (Å²) in [5, 5.41) is 42.1. The van der Waals surface area contributed by atoms with Crippen LogP contribution in [0.5, 0.6) is 0 Å². The van der Waals surface area contributed by atoms with Crippen LogP contribution in [-0.2, 0) is 38.8 Å². The van der Waals surface area contributed by atoms with E-state index in [2.05, 4.69) is 31.5 Å².